The summed E-state index contributed by atoms with van der Waals surface area (Å²) in [5.41, 5.74) is 3.39. The van der Waals surface area contributed by atoms with Gasteiger partial charge in [0.2, 0.25) is 0 Å². The van der Waals surface area contributed by atoms with Gasteiger partial charge in [0.1, 0.15) is 16.2 Å². The Balaban J connectivity index is 1.63. The van der Waals surface area contributed by atoms with E-state index in [1.807, 2.05) is 10.7 Å². The maximum atomic E-state index is 15.5. The van der Waals surface area contributed by atoms with Crippen LogP contribution in [0.5, 0.6) is 5.75 Å². The highest BCUT2D eigenvalue weighted by atomic mass is 127. The standard InChI is InChI=1S/C32H50FIN4O3Si2/c1-8-24-17-29(41-22-40-14-16-43(5,6)7)26(33)18-25(24)27-19-28-30(32(36-27)35-20-23-11-9-10-12-23)31(34)37-38(28)21-39-13-15-42(2,3)4/h17-19,23H,8-16,20-22H2,1-7H3,(H,35,36). The summed E-state index contributed by atoms with van der Waals surface area (Å²) >= 11 is 2.29. The minimum Gasteiger partial charge on any atom is -0.464 e. The Morgan fingerprint density at radius 2 is 1.67 bits per heavy atom. The van der Waals surface area contributed by atoms with Crippen molar-refractivity contribution < 1.29 is 18.6 Å². The van der Waals surface area contributed by atoms with Crippen molar-refractivity contribution in [3.05, 3.63) is 33.3 Å². The first-order chi connectivity index (χ1) is 20.3. The number of aromatic nitrogens is 3. The highest BCUT2D eigenvalue weighted by Crippen LogP contribution is 2.36. The van der Waals surface area contributed by atoms with Crippen molar-refractivity contribution in [3.63, 3.8) is 0 Å². The van der Waals surface area contributed by atoms with E-state index < -0.39 is 22.0 Å². The van der Waals surface area contributed by atoms with Crippen LogP contribution in [0, 0.1) is 15.4 Å². The smallest absolute Gasteiger partial charge is 0.189 e. The molecule has 0 saturated heterocycles. The largest absolute Gasteiger partial charge is 0.464 e. The number of halogens is 2. The summed E-state index contributed by atoms with van der Waals surface area (Å²) < 4.78 is 35.8. The molecule has 0 unspecified atom stereocenters. The normalized spacial score (nSPS) is 14.6. The fourth-order valence-corrected chi connectivity index (χ4v) is 7.58. The predicted octanol–water partition coefficient (Wildman–Crippen LogP) is 9.01. The van der Waals surface area contributed by atoms with E-state index in [1.54, 1.807) is 12.1 Å². The van der Waals surface area contributed by atoms with Crippen molar-refractivity contribution in [1.82, 2.24) is 14.8 Å². The fraction of sp³-hybridized carbons (Fsp3) is 0.625. The Morgan fingerprint density at radius 1 is 1.00 bits per heavy atom. The van der Waals surface area contributed by atoms with Crippen LogP contribution in [0.4, 0.5) is 10.2 Å². The van der Waals surface area contributed by atoms with Gasteiger partial charge in [-0.2, -0.15) is 5.10 Å². The van der Waals surface area contributed by atoms with Gasteiger partial charge in [-0.3, -0.25) is 0 Å². The average Bonchev–Trinajstić information content (AvgIpc) is 3.56. The minimum atomic E-state index is -1.20. The van der Waals surface area contributed by atoms with Crippen molar-refractivity contribution in [2.45, 2.75) is 97.1 Å². The van der Waals surface area contributed by atoms with E-state index in [1.165, 1.54) is 25.7 Å². The van der Waals surface area contributed by atoms with Crippen LogP contribution in [0.3, 0.4) is 0 Å². The molecule has 4 rings (SSSR count). The van der Waals surface area contributed by atoms with Crippen LogP contribution in [0.2, 0.25) is 51.4 Å². The molecule has 2 aromatic heterocycles. The summed E-state index contributed by atoms with van der Waals surface area (Å²) in [6, 6.07) is 7.52. The molecule has 0 amide bonds. The SMILES string of the molecule is CCc1cc(OCOCC[Si](C)(C)C)c(F)cc1-c1cc2c(c(I)nn2COCC[Si](C)(C)C)c(NCC2CCCC2)n1. The minimum absolute atomic E-state index is 0.0403. The van der Waals surface area contributed by atoms with Crippen molar-refractivity contribution >= 4 is 55.5 Å². The van der Waals surface area contributed by atoms with Gasteiger partial charge in [-0.25, -0.2) is 14.1 Å². The Hall–Kier alpha value is -1.55. The van der Waals surface area contributed by atoms with Gasteiger partial charge in [-0.05, 0) is 83.6 Å². The number of hydrogen-bond acceptors (Lipinski definition) is 6. The molecular formula is C32H50FIN4O3Si2. The molecule has 2 heterocycles. The predicted molar refractivity (Wildman–Crippen MR) is 189 cm³/mol. The molecule has 43 heavy (non-hydrogen) atoms. The van der Waals surface area contributed by atoms with Crippen molar-refractivity contribution in [3.8, 4) is 17.0 Å². The first kappa shape index (κ1) is 34.3. The van der Waals surface area contributed by atoms with Crippen LogP contribution in [-0.2, 0) is 22.6 Å². The molecule has 0 atom stereocenters. The van der Waals surface area contributed by atoms with Crippen LogP contribution >= 0.6 is 22.6 Å². The van der Waals surface area contributed by atoms with Gasteiger partial charge in [0.25, 0.3) is 0 Å². The molecule has 0 radical (unpaired) electrons. The number of nitrogens with one attached hydrogen (secondary N) is 1. The summed E-state index contributed by atoms with van der Waals surface area (Å²) in [5, 5.41) is 9.49. The number of ether oxygens (including phenoxy) is 3. The average molecular weight is 741 g/mol. The van der Waals surface area contributed by atoms with Crippen LogP contribution in [0.1, 0.15) is 38.2 Å². The molecule has 7 nitrogen and oxygen atoms in total. The van der Waals surface area contributed by atoms with Crippen LogP contribution in [0.15, 0.2) is 18.2 Å². The number of pyridine rings is 1. The zero-order valence-electron chi connectivity index (χ0n) is 27.1. The van der Waals surface area contributed by atoms with Gasteiger partial charge in [0, 0.05) is 41.5 Å². The molecule has 1 aliphatic carbocycles. The van der Waals surface area contributed by atoms with Crippen LogP contribution < -0.4 is 10.1 Å². The topological polar surface area (TPSA) is 70.4 Å². The van der Waals surface area contributed by atoms with E-state index in [9.17, 15) is 0 Å². The van der Waals surface area contributed by atoms with E-state index in [0.29, 0.717) is 32.3 Å². The monoisotopic (exact) mass is 740 g/mol. The first-order valence-corrected chi connectivity index (χ1v) is 24.3. The Labute approximate surface area is 272 Å². The number of benzene rings is 1. The molecular weight excluding hydrogens is 690 g/mol. The molecule has 1 fully saturated rings. The molecule has 3 aromatic rings. The molecule has 1 aliphatic rings. The second-order valence-electron chi connectivity index (χ2n) is 14.2. The summed E-state index contributed by atoms with van der Waals surface area (Å²) in [6.45, 7) is 18.7. The molecule has 0 aliphatic heterocycles. The third-order valence-corrected chi connectivity index (χ3v) is 12.2. The van der Waals surface area contributed by atoms with Crippen molar-refractivity contribution in [1.29, 1.82) is 0 Å². The zero-order valence-corrected chi connectivity index (χ0v) is 31.3. The third-order valence-electron chi connectivity index (χ3n) is 8.04. The van der Waals surface area contributed by atoms with E-state index in [2.05, 4.69) is 74.1 Å². The van der Waals surface area contributed by atoms with Gasteiger partial charge < -0.3 is 19.5 Å². The van der Waals surface area contributed by atoms with E-state index in [4.69, 9.17) is 24.3 Å². The number of nitrogens with zero attached hydrogens (tertiary/aromatic N) is 3. The van der Waals surface area contributed by atoms with Crippen LogP contribution in [0.25, 0.3) is 22.2 Å². The Morgan fingerprint density at radius 3 is 2.33 bits per heavy atom. The molecule has 0 spiro atoms. The summed E-state index contributed by atoms with van der Waals surface area (Å²) in [7, 11) is -2.39. The third kappa shape index (κ3) is 9.97. The number of hydrogen-bond donors (Lipinski definition) is 1. The molecule has 238 valence electrons. The summed E-state index contributed by atoms with van der Waals surface area (Å²) in [6.07, 6.45) is 5.77. The summed E-state index contributed by atoms with van der Waals surface area (Å²) in [5.74, 6) is 1.24. The Bertz CT molecular complexity index is 1370. The quantitative estimate of drug-likeness (QED) is 0.0685. The molecule has 1 aromatic carbocycles. The second-order valence-corrected chi connectivity index (χ2v) is 26.5. The number of rotatable bonds is 16. The molecule has 1 saturated carbocycles. The molecule has 1 N–H and O–H groups in total. The highest BCUT2D eigenvalue weighted by molar-refractivity contribution is 14.1. The van der Waals surface area contributed by atoms with E-state index >= 15 is 4.39 Å². The Kier molecular flexibility index (Phi) is 12.1. The second kappa shape index (κ2) is 15.2. The lowest BCUT2D eigenvalue weighted by Crippen LogP contribution is -2.22. The maximum absolute atomic E-state index is 15.5. The zero-order chi connectivity index (χ0) is 31.2. The van der Waals surface area contributed by atoms with Gasteiger partial charge in [-0.15, -0.1) is 0 Å². The van der Waals surface area contributed by atoms with Gasteiger partial charge in [-0.1, -0.05) is 59.0 Å². The summed E-state index contributed by atoms with van der Waals surface area (Å²) in [4.78, 5) is 5.09. The molecule has 11 heteroatoms. The van der Waals surface area contributed by atoms with Crippen molar-refractivity contribution in [2.75, 3.05) is 31.9 Å². The maximum Gasteiger partial charge on any atom is 0.189 e. The van der Waals surface area contributed by atoms with Crippen molar-refractivity contribution in [2.24, 2.45) is 5.92 Å². The van der Waals surface area contributed by atoms with Crippen LogP contribution in [-0.4, -0.2) is 57.5 Å². The fourth-order valence-electron chi connectivity index (χ4n) is 5.28. The number of anilines is 1. The number of aryl methyl sites for hydroxylation is 1. The van der Waals surface area contributed by atoms with Gasteiger partial charge >= 0.3 is 0 Å². The lowest BCUT2D eigenvalue weighted by atomic mass is 10.0. The van der Waals surface area contributed by atoms with E-state index in [0.717, 1.165) is 55.9 Å². The first-order valence-electron chi connectivity index (χ1n) is 15.8. The van der Waals surface area contributed by atoms with Gasteiger partial charge in [0.15, 0.2) is 18.4 Å². The van der Waals surface area contributed by atoms with Gasteiger partial charge in [0.05, 0.1) is 16.6 Å². The lowest BCUT2D eigenvalue weighted by Gasteiger charge is -2.17. The molecule has 0 bridgehead atoms. The van der Waals surface area contributed by atoms with E-state index in [-0.39, 0.29) is 12.5 Å². The highest BCUT2D eigenvalue weighted by Gasteiger charge is 2.22. The lowest BCUT2D eigenvalue weighted by molar-refractivity contribution is 0.0197. The number of fused-ring (bicyclic) bond motifs is 1.